The Kier molecular flexibility index (Phi) is 68.9. The van der Waals surface area contributed by atoms with Crippen LogP contribution in [0.5, 0.6) is 23.5 Å². The molecule has 1 saturated heterocycles. The van der Waals surface area contributed by atoms with Crippen LogP contribution in [-0.4, -0.2) is 153 Å². The number of carboxylic acid groups (broad SMARTS) is 1. The molecular formula is C79H98BBr2Cl3LiN9O17P20. The van der Waals surface area contributed by atoms with Crippen LogP contribution in [0, 0.1) is 108 Å². The van der Waals surface area contributed by atoms with Crippen LogP contribution in [0.25, 0.3) is 22.3 Å². The molecule has 26 nitrogen and oxygen atoms in total. The van der Waals surface area contributed by atoms with E-state index in [1.807, 2.05) is 32.9 Å². The number of carbonyl (C=O) groups is 6. The molecule has 18 unspecified atom stereocenters. The summed E-state index contributed by atoms with van der Waals surface area (Å²) in [5.41, 5.74) is 4.10. The minimum Gasteiger partial charge on any atom is -0.870 e. The van der Waals surface area contributed by atoms with Gasteiger partial charge < -0.3 is 53.8 Å². The van der Waals surface area contributed by atoms with Gasteiger partial charge in [-0.15, -0.1) is 117 Å². The van der Waals surface area contributed by atoms with Crippen molar-refractivity contribution in [2.75, 3.05) is 46.2 Å². The van der Waals surface area contributed by atoms with Gasteiger partial charge in [-0.1, -0.05) is 93.0 Å². The van der Waals surface area contributed by atoms with Crippen LogP contribution < -0.4 is 43.3 Å². The van der Waals surface area contributed by atoms with Gasteiger partial charge in [-0.05, 0) is 256 Å². The molecular weight excluding hydrogens is 2250 g/mol. The van der Waals surface area contributed by atoms with Gasteiger partial charge in [-0.25, -0.2) is 41.8 Å². The maximum Gasteiger partial charge on any atom is 1.00 e. The number of carboxylic acids is 1. The number of halogens is 5. The van der Waals surface area contributed by atoms with Gasteiger partial charge in [0, 0.05) is 59.7 Å². The number of carbonyl (C=O) groups excluding carboxylic acids is 5. The first kappa shape index (κ1) is 128. The number of ether oxygens (including phenoxy) is 7. The van der Waals surface area contributed by atoms with Gasteiger partial charge in [0.15, 0.2) is 22.8 Å². The minimum absolute atomic E-state index is 0. The van der Waals surface area contributed by atoms with Gasteiger partial charge in [-0.2, -0.15) is 20.4 Å². The monoisotopic (exact) mass is 2340 g/mol. The van der Waals surface area contributed by atoms with Crippen LogP contribution in [0.15, 0.2) is 83.3 Å². The predicted molar refractivity (Wildman–Crippen MR) is 596 cm³/mol. The fraction of sp³-hybridized carbons (Fsp3) is 0.316. The molecule has 4 N–H and O–H groups in total. The van der Waals surface area contributed by atoms with Crippen LogP contribution in [0.2, 0.25) is 15.1 Å². The van der Waals surface area contributed by atoms with Crippen molar-refractivity contribution in [2.45, 2.75) is 118 Å². The van der Waals surface area contributed by atoms with Crippen molar-refractivity contribution in [1.29, 1.82) is 0 Å². The summed E-state index contributed by atoms with van der Waals surface area (Å²) in [4.78, 5) is 67.6. The van der Waals surface area contributed by atoms with Gasteiger partial charge in [-0.3, -0.25) is 9.59 Å². The second-order valence-corrected chi connectivity index (χ2v) is 97.8. The SMILES string of the molecule is C#CC#CC#CC#CC.C#CC#CC#CC#CC#C.CC1CCOc2c(-c3ccc(Cl)cc3)c(C(=O)O)nn21.CCOC(=O)c1cc2n(n1)C(C)CCO2.CCOC(=O)c1nn2c(c1-c1ccc(Cl)cc1)OCCC2C.CCOC(=O)c1nn2c(c1Br)OCCC2C.O=C1CCC(=O)N1Br.OB(O)c1ccc(Cl)cc1.PPP(P(P)P)P(P)P.PPP(P)P(P(P)P)P(P)P.[Li+].[OH-]. The normalized spacial score (nSPS) is 14.6. The van der Waals surface area contributed by atoms with Crippen LogP contribution >= 0.6 is 230 Å². The molecule has 0 bridgehead atoms. The third-order valence-electron chi connectivity index (χ3n) is 16.3. The van der Waals surface area contributed by atoms with Crippen LogP contribution in [-0.2, 0) is 23.8 Å². The molecule has 700 valence electrons. The molecule has 4 aromatic heterocycles. The summed E-state index contributed by atoms with van der Waals surface area (Å²) in [6.07, 6.45) is 18.6. The maximum atomic E-state index is 12.3. The quantitative estimate of drug-likeness (QED) is 0.0145. The molecule has 12 rings (SSSR count). The molecule has 2 amide bonds. The minimum atomic E-state index is -1.41. The average molecular weight is 2350 g/mol. The van der Waals surface area contributed by atoms with Crippen LogP contribution in [0.3, 0.4) is 0 Å². The number of benzene rings is 3. The number of aromatic nitrogens is 8. The first-order valence-electron chi connectivity index (χ1n) is 38.0. The summed E-state index contributed by atoms with van der Waals surface area (Å²) in [5.74, 6) is 35.1. The number of fused-ring (bicyclic) bond motifs is 4. The van der Waals surface area contributed by atoms with Gasteiger partial charge >= 0.3 is 49.9 Å². The second-order valence-electron chi connectivity index (χ2n) is 25.3. The molecule has 18 atom stereocenters. The Labute approximate surface area is 854 Å². The number of imide groups is 1. The summed E-state index contributed by atoms with van der Waals surface area (Å²) in [5, 5.41) is 45.4. The number of amides is 2. The van der Waals surface area contributed by atoms with Crippen molar-refractivity contribution in [3.8, 4) is 154 Å². The molecule has 5 aliphatic heterocycles. The van der Waals surface area contributed by atoms with E-state index in [-0.39, 0.29) is 119 Å². The third-order valence-corrected chi connectivity index (χ3v) is 122. The van der Waals surface area contributed by atoms with E-state index < -0.39 is 31.0 Å². The van der Waals surface area contributed by atoms with E-state index in [4.69, 9.17) is 97.3 Å². The Morgan fingerprint density at radius 3 is 1.20 bits per heavy atom. The summed E-state index contributed by atoms with van der Waals surface area (Å²) >= 11 is 23.5. The molecule has 0 spiro atoms. The van der Waals surface area contributed by atoms with E-state index >= 15 is 0 Å². The molecule has 132 heavy (non-hydrogen) atoms. The molecule has 0 aliphatic carbocycles. The third kappa shape index (κ3) is 44.5. The van der Waals surface area contributed by atoms with Crippen LogP contribution in [0.4, 0.5) is 0 Å². The number of nitrogens with zero attached hydrogens (tertiary/aromatic N) is 9. The smallest absolute Gasteiger partial charge is 0.870 e. The fourth-order valence-corrected chi connectivity index (χ4v) is 168. The van der Waals surface area contributed by atoms with Crippen molar-refractivity contribution < 1.29 is 101 Å². The van der Waals surface area contributed by atoms with Crippen molar-refractivity contribution in [3.63, 3.8) is 0 Å². The van der Waals surface area contributed by atoms with Gasteiger partial charge in [0.05, 0.1) is 97.7 Å². The second kappa shape index (κ2) is 71.2. The molecule has 9 heterocycles. The standard InChI is InChI=1S/C16H17ClN2O3.C14H13ClN2O3.C10H13BrN2O3.C10H14N2O3.C10H2.C9H4.C6H6BClO2.C4H4BrNO2.Li.H2O.H13P11.H11P9/c1-3-21-16(20)14-13(11-4-6-12(17)7-5-11)15-19(18-14)10(2)8-9-22-15;1-8-6-7-20-13-11(9-2-4-10(15)5-3-9)12(14(18)19)16-17(8)13;1-3-15-10(14)8-7(11)9-13(12-8)6(2)4-5-16-9;1-3-14-10(13)8-6-9-12(11-8)7(2)4-5-15-9;1-3-5-7-9-10-8-6-4-2;1-3-5-7-9-8-6-4-2;8-6-3-1-5(2-4-6)7(9)10;5-6-3(7)1-2-4(6)8;;;1-7-10(6)11(8(2)3)9(4)5;1-6-9(7(2)3)8(4)5/h4-7,10H,3,8-9H2,1-2H3;2-5,8H,6-7H2,1H3,(H,18,19);6H,3-5H2,1-2H3;6-7H,3-5H2,1-2H3;1-2H;1H,2H3;1-4,9-10H;1-2H2;;1H2;7H,1-6H2;6H,1-5H2/q;;;;;;;;+1;;;/p-1. The number of rotatable bonds is 17. The molecule has 1 fully saturated rings. The van der Waals surface area contributed by atoms with Gasteiger partial charge in [0.2, 0.25) is 35.3 Å². The summed E-state index contributed by atoms with van der Waals surface area (Å²) < 4.78 is 45.6. The molecule has 53 heteroatoms. The van der Waals surface area contributed by atoms with E-state index in [1.54, 1.807) is 113 Å². The Bertz CT molecular complexity index is 5410. The van der Waals surface area contributed by atoms with Crippen molar-refractivity contribution in [2.24, 2.45) is 0 Å². The summed E-state index contributed by atoms with van der Waals surface area (Å²) in [6, 6.07) is 23.0. The van der Waals surface area contributed by atoms with E-state index in [9.17, 15) is 33.9 Å². The number of hydrogen-bond donors (Lipinski definition) is 3. The van der Waals surface area contributed by atoms with Crippen LogP contribution in [0.1, 0.15) is 160 Å². The Morgan fingerprint density at radius 1 is 0.523 bits per heavy atom. The largest absolute Gasteiger partial charge is 1.00 e. The zero-order valence-electron chi connectivity index (χ0n) is 72.8. The molecule has 7 aromatic rings. The fourth-order valence-electron chi connectivity index (χ4n) is 10.2. The van der Waals surface area contributed by atoms with E-state index in [2.05, 4.69) is 246 Å². The number of hydrogen-bond acceptors (Lipinski definition) is 20. The number of terminal acetylenes is 3. The zero-order valence-corrected chi connectivity index (χ0v) is 99.2. The summed E-state index contributed by atoms with van der Waals surface area (Å²) in [7, 11) is 33.2. The van der Waals surface area contributed by atoms with E-state index in [0.717, 1.165) is 56.7 Å². The average Bonchev–Trinajstić information content (AvgIpc) is 1.65. The molecule has 3 aromatic carbocycles. The van der Waals surface area contributed by atoms with Gasteiger partial charge in [0.25, 0.3) is 0 Å². The summed E-state index contributed by atoms with van der Waals surface area (Å²) in [6.45, 7) is 20.1. The maximum absolute atomic E-state index is 12.3. The molecule has 0 saturated carbocycles. The number of aromatic carboxylic acids is 1. The molecule has 5 aliphatic rings. The van der Waals surface area contributed by atoms with Crippen molar-refractivity contribution >= 4 is 278 Å². The number of esters is 3. The van der Waals surface area contributed by atoms with Crippen molar-refractivity contribution in [3.05, 3.63) is 121 Å². The van der Waals surface area contributed by atoms with E-state index in [1.165, 1.54) is 0 Å². The first-order chi connectivity index (χ1) is 61.9. The predicted octanol–water partition coefficient (Wildman–Crippen LogP) is 19.5. The van der Waals surface area contributed by atoms with Crippen molar-refractivity contribution in [1.82, 2.24) is 43.0 Å². The Hall–Kier alpha value is -2.27. The molecule has 0 radical (unpaired) electrons. The van der Waals surface area contributed by atoms with E-state index in [0.29, 0.717) is 131 Å². The Balaban J connectivity index is 0.000000746. The Morgan fingerprint density at radius 2 is 0.871 bits per heavy atom. The zero-order chi connectivity index (χ0) is 97.3. The van der Waals surface area contributed by atoms with Gasteiger partial charge in [0.1, 0.15) is 4.47 Å². The first-order valence-corrected chi connectivity index (χ1v) is 75.4. The topological polar surface area (TPSA) is 332 Å².